The molecule has 164 valence electrons. The molecule has 1 amide bonds. The molecule has 0 aliphatic heterocycles. The highest BCUT2D eigenvalue weighted by molar-refractivity contribution is 5.90. The molecule has 0 saturated heterocycles. The van der Waals surface area contributed by atoms with Crippen LogP contribution in [-0.2, 0) is 17.9 Å². The van der Waals surface area contributed by atoms with Crippen molar-refractivity contribution in [3.8, 4) is 11.4 Å². The molecule has 3 N–H and O–H groups in total. The van der Waals surface area contributed by atoms with Crippen molar-refractivity contribution in [2.45, 2.75) is 20.0 Å². The van der Waals surface area contributed by atoms with E-state index in [9.17, 15) is 4.79 Å². The molecule has 1 aromatic carbocycles. The van der Waals surface area contributed by atoms with Crippen LogP contribution < -0.4 is 10.6 Å². The number of hydrogen-bond donors (Lipinski definition) is 3. The largest absolute Gasteiger partial charge is 0.368 e. The SMILES string of the molecule is CC(=O)NCCNc1nc(-c2ccncc2)nc2n[nH]c(CN(C)Cc3ccccc3)c12. The van der Waals surface area contributed by atoms with Crippen LogP contribution in [0.4, 0.5) is 5.82 Å². The zero-order valence-corrected chi connectivity index (χ0v) is 18.2. The minimum Gasteiger partial charge on any atom is -0.368 e. The number of aromatic amines is 1. The van der Waals surface area contributed by atoms with Crippen molar-refractivity contribution in [2.24, 2.45) is 0 Å². The van der Waals surface area contributed by atoms with Crippen molar-refractivity contribution in [1.29, 1.82) is 0 Å². The number of nitrogens with zero attached hydrogens (tertiary/aromatic N) is 5. The zero-order valence-electron chi connectivity index (χ0n) is 18.2. The summed E-state index contributed by atoms with van der Waals surface area (Å²) in [6.45, 7) is 3.99. The van der Waals surface area contributed by atoms with Crippen LogP contribution in [0.1, 0.15) is 18.2 Å². The first-order valence-corrected chi connectivity index (χ1v) is 10.5. The molecular weight excluding hydrogens is 404 g/mol. The third kappa shape index (κ3) is 5.25. The van der Waals surface area contributed by atoms with Crippen LogP contribution in [0.3, 0.4) is 0 Å². The maximum absolute atomic E-state index is 11.2. The minimum atomic E-state index is -0.0661. The number of benzene rings is 1. The summed E-state index contributed by atoms with van der Waals surface area (Å²) >= 11 is 0. The predicted octanol–water partition coefficient (Wildman–Crippen LogP) is 2.59. The van der Waals surface area contributed by atoms with Crippen molar-refractivity contribution in [1.82, 2.24) is 35.4 Å². The summed E-state index contributed by atoms with van der Waals surface area (Å²) in [4.78, 5) is 26.9. The summed E-state index contributed by atoms with van der Waals surface area (Å²) in [6, 6.07) is 14.1. The summed E-state index contributed by atoms with van der Waals surface area (Å²) in [5.41, 5.74) is 3.62. The molecule has 0 aliphatic rings. The number of H-pyrrole nitrogens is 1. The number of pyridine rings is 1. The summed E-state index contributed by atoms with van der Waals surface area (Å²) in [5.74, 6) is 1.19. The van der Waals surface area contributed by atoms with Crippen molar-refractivity contribution >= 4 is 22.8 Å². The molecule has 0 spiro atoms. The second kappa shape index (κ2) is 9.97. The van der Waals surface area contributed by atoms with Gasteiger partial charge in [0, 0.05) is 51.1 Å². The monoisotopic (exact) mass is 430 g/mol. The zero-order chi connectivity index (χ0) is 22.3. The number of aromatic nitrogens is 5. The fourth-order valence-electron chi connectivity index (χ4n) is 3.50. The Balaban J connectivity index is 1.62. The van der Waals surface area contributed by atoms with Gasteiger partial charge in [-0.15, -0.1) is 0 Å². The number of amides is 1. The van der Waals surface area contributed by atoms with Gasteiger partial charge in [-0.1, -0.05) is 30.3 Å². The Morgan fingerprint density at radius 2 is 1.81 bits per heavy atom. The Morgan fingerprint density at radius 3 is 2.56 bits per heavy atom. The molecule has 32 heavy (non-hydrogen) atoms. The van der Waals surface area contributed by atoms with Gasteiger partial charge < -0.3 is 10.6 Å². The second-order valence-corrected chi connectivity index (χ2v) is 7.60. The van der Waals surface area contributed by atoms with Crippen LogP contribution in [0.2, 0.25) is 0 Å². The van der Waals surface area contributed by atoms with E-state index in [0.29, 0.717) is 36.9 Å². The van der Waals surface area contributed by atoms with Gasteiger partial charge in [0.25, 0.3) is 0 Å². The molecule has 0 bridgehead atoms. The van der Waals surface area contributed by atoms with E-state index in [1.165, 1.54) is 12.5 Å². The lowest BCUT2D eigenvalue weighted by atomic mass is 10.2. The van der Waals surface area contributed by atoms with Gasteiger partial charge in [-0.25, -0.2) is 9.97 Å². The van der Waals surface area contributed by atoms with E-state index in [4.69, 9.17) is 4.98 Å². The molecule has 0 fully saturated rings. The molecule has 0 atom stereocenters. The van der Waals surface area contributed by atoms with E-state index >= 15 is 0 Å². The van der Waals surface area contributed by atoms with Crippen LogP contribution in [0, 0.1) is 0 Å². The van der Waals surface area contributed by atoms with Gasteiger partial charge in [-0.05, 0) is 24.7 Å². The number of nitrogens with one attached hydrogen (secondary N) is 3. The highest BCUT2D eigenvalue weighted by atomic mass is 16.1. The van der Waals surface area contributed by atoms with Crippen molar-refractivity contribution < 1.29 is 4.79 Å². The van der Waals surface area contributed by atoms with Gasteiger partial charge >= 0.3 is 0 Å². The van der Waals surface area contributed by atoms with Crippen LogP contribution in [0.15, 0.2) is 54.9 Å². The third-order valence-electron chi connectivity index (χ3n) is 4.94. The maximum atomic E-state index is 11.2. The van der Waals surface area contributed by atoms with Crippen LogP contribution >= 0.6 is 0 Å². The fourth-order valence-corrected chi connectivity index (χ4v) is 3.50. The van der Waals surface area contributed by atoms with Gasteiger partial charge in [0.1, 0.15) is 5.82 Å². The lowest BCUT2D eigenvalue weighted by molar-refractivity contribution is -0.118. The fraction of sp³-hybridized carbons (Fsp3) is 0.261. The second-order valence-electron chi connectivity index (χ2n) is 7.60. The summed E-state index contributed by atoms with van der Waals surface area (Å²) in [6.07, 6.45) is 3.42. The van der Waals surface area contributed by atoms with Crippen LogP contribution in [-0.4, -0.2) is 56.1 Å². The van der Waals surface area contributed by atoms with Crippen molar-refractivity contribution in [2.75, 3.05) is 25.5 Å². The van der Waals surface area contributed by atoms with Gasteiger partial charge in [-0.3, -0.25) is 19.8 Å². The molecule has 0 radical (unpaired) electrons. The normalized spacial score (nSPS) is 11.1. The Kier molecular flexibility index (Phi) is 6.66. The van der Waals surface area contributed by atoms with E-state index in [2.05, 4.69) is 54.9 Å². The molecule has 0 saturated carbocycles. The summed E-state index contributed by atoms with van der Waals surface area (Å²) in [7, 11) is 2.07. The van der Waals surface area contributed by atoms with Crippen molar-refractivity contribution in [3.05, 3.63) is 66.1 Å². The van der Waals surface area contributed by atoms with Gasteiger partial charge in [0.05, 0.1) is 11.1 Å². The number of carbonyl (C=O) groups is 1. The molecular formula is C23H26N8O. The first-order chi connectivity index (χ1) is 15.6. The topological polar surface area (TPSA) is 112 Å². The smallest absolute Gasteiger partial charge is 0.216 e. The first kappa shape index (κ1) is 21.4. The van der Waals surface area contributed by atoms with Gasteiger partial charge in [-0.2, -0.15) is 5.10 Å². The summed E-state index contributed by atoms with van der Waals surface area (Å²) in [5, 5.41) is 14.6. The van der Waals surface area contributed by atoms with Crippen LogP contribution in [0.25, 0.3) is 22.4 Å². The predicted molar refractivity (Wildman–Crippen MR) is 124 cm³/mol. The van der Waals surface area contributed by atoms with E-state index < -0.39 is 0 Å². The van der Waals surface area contributed by atoms with Gasteiger partial charge in [0.2, 0.25) is 5.91 Å². The quantitative estimate of drug-likeness (QED) is 0.350. The Labute approximate surface area is 186 Å². The van der Waals surface area contributed by atoms with Gasteiger partial charge in [0.15, 0.2) is 11.5 Å². The number of hydrogen-bond acceptors (Lipinski definition) is 7. The molecule has 0 aliphatic carbocycles. The number of rotatable bonds is 9. The number of anilines is 1. The molecule has 3 heterocycles. The standard InChI is InChI=1S/C23H26N8O/c1-16(32)25-12-13-26-22-20-19(15-31(2)14-17-6-4-3-5-7-17)29-30-23(20)28-21(27-22)18-8-10-24-11-9-18/h3-11H,12-15H2,1-2H3,(H,25,32)(H2,26,27,28,29,30). The van der Waals surface area contributed by atoms with Crippen molar-refractivity contribution in [3.63, 3.8) is 0 Å². The molecule has 0 unspecified atom stereocenters. The lowest BCUT2D eigenvalue weighted by Gasteiger charge is -2.16. The van der Waals surface area contributed by atoms with E-state index in [1.807, 2.05) is 30.3 Å². The van der Waals surface area contributed by atoms with E-state index in [-0.39, 0.29) is 5.91 Å². The number of carbonyl (C=O) groups excluding carboxylic acids is 1. The summed E-state index contributed by atoms with van der Waals surface area (Å²) < 4.78 is 0. The molecule has 3 aromatic heterocycles. The minimum absolute atomic E-state index is 0.0661. The average Bonchev–Trinajstić information content (AvgIpc) is 3.20. The Bertz CT molecular complexity index is 1180. The van der Waals surface area contributed by atoms with E-state index in [1.54, 1.807) is 12.4 Å². The molecule has 9 nitrogen and oxygen atoms in total. The van der Waals surface area contributed by atoms with Crippen LogP contribution in [0.5, 0.6) is 0 Å². The molecule has 4 aromatic rings. The molecule has 9 heteroatoms. The maximum Gasteiger partial charge on any atom is 0.216 e. The first-order valence-electron chi connectivity index (χ1n) is 10.5. The highest BCUT2D eigenvalue weighted by Crippen LogP contribution is 2.27. The van der Waals surface area contributed by atoms with E-state index in [0.717, 1.165) is 23.2 Å². The lowest BCUT2D eigenvalue weighted by Crippen LogP contribution is -2.26. The average molecular weight is 431 g/mol. The number of fused-ring (bicyclic) bond motifs is 1. The molecule has 4 rings (SSSR count). The highest BCUT2D eigenvalue weighted by Gasteiger charge is 2.17. The third-order valence-corrected chi connectivity index (χ3v) is 4.94. The Hall–Kier alpha value is -3.85. The Morgan fingerprint density at radius 1 is 1.03 bits per heavy atom.